The molecule has 0 N–H and O–H groups in total. The number of ether oxygens (including phenoxy) is 1. The summed E-state index contributed by atoms with van der Waals surface area (Å²) in [7, 11) is 2.55. The zero-order valence-electron chi connectivity index (χ0n) is 7.74. The van der Waals surface area contributed by atoms with Gasteiger partial charge in [-0.1, -0.05) is 32.1 Å². The van der Waals surface area contributed by atoms with Crippen LogP contribution in [0.5, 0.6) is 0 Å². The Hall–Kier alpha value is -1.06. The summed E-state index contributed by atoms with van der Waals surface area (Å²) < 4.78 is 4.79. The van der Waals surface area contributed by atoms with Crippen LogP contribution < -0.4 is 0 Å². The molecule has 1 unspecified atom stereocenters. The molecule has 0 bridgehead atoms. The van der Waals surface area contributed by atoms with Gasteiger partial charge in [0.2, 0.25) is 0 Å². The van der Waals surface area contributed by atoms with E-state index >= 15 is 0 Å². The van der Waals surface area contributed by atoms with Crippen LogP contribution in [0, 0.1) is 16.9 Å². The highest BCUT2D eigenvalue weighted by Gasteiger charge is 2.13. The Labute approximate surface area is 80.8 Å². The number of hydrogen-bond donors (Lipinski definition) is 0. The molecule has 0 spiro atoms. The van der Waals surface area contributed by atoms with Gasteiger partial charge >= 0.3 is 0 Å². The number of nitriles is 1. The lowest BCUT2D eigenvalue weighted by molar-refractivity contribution is 0.391. The van der Waals surface area contributed by atoms with E-state index in [2.05, 4.69) is 29.2 Å². The first-order chi connectivity index (χ1) is 6.05. The first kappa shape index (κ1) is 10.0. The molecule has 0 aromatic carbocycles. The van der Waals surface area contributed by atoms with Gasteiger partial charge in [-0.2, -0.15) is 0 Å². The molecule has 0 heterocycles. The lowest BCUT2D eigenvalue weighted by atomic mass is 9.93. The first-order valence-electron chi connectivity index (χ1n) is 3.99. The molecule has 3 heteroatoms. The van der Waals surface area contributed by atoms with Crippen LogP contribution >= 0.6 is 9.24 Å². The quantitative estimate of drug-likeness (QED) is 0.473. The minimum Gasteiger partial charge on any atom is -0.387 e. The average molecular weight is 193 g/mol. The van der Waals surface area contributed by atoms with Crippen LogP contribution in [-0.2, 0) is 4.74 Å². The van der Waals surface area contributed by atoms with Crippen LogP contribution in [0.2, 0.25) is 0 Å². The second-order valence-electron chi connectivity index (χ2n) is 3.50. The molecule has 0 aliphatic heterocycles. The van der Waals surface area contributed by atoms with Crippen molar-refractivity contribution in [2.24, 2.45) is 5.41 Å². The SMILES string of the molecule is CC1(C)C=CC(P)=C(OC#N)C=C1. The number of nitrogens with zero attached hydrogens (tertiary/aromatic N) is 1. The van der Waals surface area contributed by atoms with Gasteiger partial charge in [-0.15, -0.1) is 14.5 Å². The zero-order valence-corrected chi connectivity index (χ0v) is 8.90. The highest BCUT2D eigenvalue weighted by atomic mass is 31.0. The fourth-order valence-electron chi connectivity index (χ4n) is 0.971. The third-order valence-corrected chi connectivity index (χ3v) is 2.27. The molecule has 0 radical (unpaired) electrons. The maximum absolute atomic E-state index is 8.38. The summed E-state index contributed by atoms with van der Waals surface area (Å²) in [6, 6.07) is 0. The molecule has 0 amide bonds. The van der Waals surface area contributed by atoms with Crippen molar-refractivity contribution in [2.45, 2.75) is 13.8 Å². The van der Waals surface area contributed by atoms with Gasteiger partial charge in [0.25, 0.3) is 6.26 Å². The third-order valence-electron chi connectivity index (χ3n) is 1.80. The predicted octanol–water partition coefficient (Wildman–Crippen LogP) is 2.72. The zero-order chi connectivity index (χ0) is 9.90. The summed E-state index contributed by atoms with van der Waals surface area (Å²) >= 11 is 0. The second kappa shape index (κ2) is 3.77. The second-order valence-corrected chi connectivity index (χ2v) is 4.12. The molecule has 13 heavy (non-hydrogen) atoms. The van der Waals surface area contributed by atoms with Crippen LogP contribution in [0.25, 0.3) is 0 Å². The van der Waals surface area contributed by atoms with Gasteiger partial charge in [-0.05, 0) is 6.08 Å². The normalized spacial score (nSPS) is 19.5. The molecule has 0 saturated carbocycles. The molecule has 0 aromatic rings. The maximum Gasteiger partial charge on any atom is 0.292 e. The summed E-state index contributed by atoms with van der Waals surface area (Å²) in [4.78, 5) is 0. The van der Waals surface area contributed by atoms with E-state index < -0.39 is 0 Å². The summed E-state index contributed by atoms with van der Waals surface area (Å²) in [5, 5.41) is 9.28. The van der Waals surface area contributed by atoms with Crippen molar-refractivity contribution in [3.05, 3.63) is 35.4 Å². The number of rotatable bonds is 1. The molecule has 1 aliphatic carbocycles. The van der Waals surface area contributed by atoms with E-state index in [-0.39, 0.29) is 5.41 Å². The van der Waals surface area contributed by atoms with Crippen molar-refractivity contribution in [1.82, 2.24) is 0 Å². The molecule has 0 fully saturated rings. The Morgan fingerprint density at radius 1 is 1.38 bits per heavy atom. The van der Waals surface area contributed by atoms with Crippen molar-refractivity contribution in [2.75, 3.05) is 0 Å². The Morgan fingerprint density at radius 3 is 2.62 bits per heavy atom. The predicted molar refractivity (Wildman–Crippen MR) is 55.5 cm³/mol. The van der Waals surface area contributed by atoms with Crippen LogP contribution in [-0.4, -0.2) is 0 Å². The van der Waals surface area contributed by atoms with Crippen LogP contribution in [0.1, 0.15) is 13.8 Å². The fourth-order valence-corrected chi connectivity index (χ4v) is 1.22. The smallest absolute Gasteiger partial charge is 0.292 e. The molecule has 0 aromatic heterocycles. The largest absolute Gasteiger partial charge is 0.387 e. The summed E-state index contributed by atoms with van der Waals surface area (Å²) in [6.07, 6.45) is 9.51. The minimum atomic E-state index is 0.0163. The highest BCUT2D eigenvalue weighted by molar-refractivity contribution is 7.23. The number of hydrogen-bond acceptors (Lipinski definition) is 2. The van der Waals surface area contributed by atoms with Gasteiger partial charge in [0, 0.05) is 10.7 Å². The van der Waals surface area contributed by atoms with Crippen molar-refractivity contribution in [3.63, 3.8) is 0 Å². The van der Waals surface area contributed by atoms with Crippen LogP contribution in [0.15, 0.2) is 35.4 Å². The standard InChI is InChI=1S/C10H12NOP/c1-10(2)5-3-8(12-7-11)9(13)4-6-10/h3-6H,13H2,1-2H3. The maximum atomic E-state index is 8.38. The molecule has 1 atom stereocenters. The van der Waals surface area contributed by atoms with E-state index in [0.29, 0.717) is 5.76 Å². The summed E-state index contributed by atoms with van der Waals surface area (Å²) in [5.41, 5.74) is 0.0163. The van der Waals surface area contributed by atoms with Gasteiger partial charge in [0.15, 0.2) is 0 Å². The van der Waals surface area contributed by atoms with E-state index in [9.17, 15) is 0 Å². The van der Waals surface area contributed by atoms with Crippen LogP contribution in [0.3, 0.4) is 0 Å². The molecule has 68 valence electrons. The van der Waals surface area contributed by atoms with Crippen molar-refractivity contribution >= 4 is 9.24 Å². The van der Waals surface area contributed by atoms with Crippen molar-refractivity contribution in [1.29, 1.82) is 5.26 Å². The van der Waals surface area contributed by atoms with Gasteiger partial charge in [0.1, 0.15) is 5.76 Å². The Bertz CT molecular complexity index is 331. The van der Waals surface area contributed by atoms with E-state index in [0.717, 1.165) is 5.31 Å². The third kappa shape index (κ3) is 2.72. The minimum absolute atomic E-state index is 0.0163. The lowest BCUT2D eigenvalue weighted by Gasteiger charge is -2.12. The Morgan fingerprint density at radius 2 is 2.00 bits per heavy atom. The van der Waals surface area contributed by atoms with Crippen molar-refractivity contribution in [3.8, 4) is 6.26 Å². The summed E-state index contributed by atoms with van der Waals surface area (Å²) in [5.74, 6) is 0.592. The van der Waals surface area contributed by atoms with E-state index in [1.165, 1.54) is 0 Å². The van der Waals surface area contributed by atoms with Gasteiger partial charge < -0.3 is 4.74 Å². The molecular formula is C10H12NOP. The Kier molecular flexibility index (Phi) is 2.90. The molecule has 1 rings (SSSR count). The molecule has 1 aliphatic rings. The van der Waals surface area contributed by atoms with E-state index in [1.807, 2.05) is 18.2 Å². The molecule has 2 nitrogen and oxygen atoms in total. The molecular weight excluding hydrogens is 181 g/mol. The first-order valence-corrected chi connectivity index (χ1v) is 4.57. The van der Waals surface area contributed by atoms with E-state index in [1.54, 1.807) is 6.26 Å². The highest BCUT2D eigenvalue weighted by Crippen LogP contribution is 2.28. The molecule has 0 saturated heterocycles. The van der Waals surface area contributed by atoms with Gasteiger partial charge in [0.05, 0.1) is 0 Å². The van der Waals surface area contributed by atoms with Crippen LogP contribution in [0.4, 0.5) is 0 Å². The number of allylic oxidation sites excluding steroid dienone is 5. The van der Waals surface area contributed by atoms with Crippen molar-refractivity contribution < 1.29 is 4.74 Å². The van der Waals surface area contributed by atoms with Gasteiger partial charge in [-0.3, -0.25) is 0 Å². The fraction of sp³-hybridized carbons (Fsp3) is 0.300. The Balaban J connectivity index is 2.99. The lowest BCUT2D eigenvalue weighted by Crippen LogP contribution is -2.00. The van der Waals surface area contributed by atoms with E-state index in [4.69, 9.17) is 10.00 Å². The average Bonchev–Trinajstić information content (AvgIpc) is 2.18. The monoisotopic (exact) mass is 193 g/mol. The summed E-state index contributed by atoms with van der Waals surface area (Å²) in [6.45, 7) is 4.18. The topological polar surface area (TPSA) is 33.0 Å². The van der Waals surface area contributed by atoms with Gasteiger partial charge in [-0.25, -0.2) is 0 Å².